The molecule has 0 radical (unpaired) electrons. The van der Waals surface area contributed by atoms with E-state index in [1.54, 1.807) is 0 Å². The van der Waals surface area contributed by atoms with Crippen LogP contribution in [0.2, 0.25) is 0 Å². The van der Waals surface area contributed by atoms with Gasteiger partial charge in [0.05, 0.1) is 0 Å². The molecule has 0 aromatic heterocycles. The summed E-state index contributed by atoms with van der Waals surface area (Å²) in [5.41, 5.74) is 0. The first-order valence-electron chi connectivity index (χ1n) is 1.79. The van der Waals surface area contributed by atoms with Crippen molar-refractivity contribution in [2.75, 3.05) is 28.4 Å². The quantitative estimate of drug-likeness (QED) is 0.352. The van der Waals surface area contributed by atoms with Crippen LogP contribution < -0.4 is 0 Å². The van der Waals surface area contributed by atoms with Crippen molar-refractivity contribution in [1.82, 2.24) is 0 Å². The van der Waals surface area contributed by atoms with Crippen molar-refractivity contribution in [1.29, 1.82) is 0 Å². The molecular weight excluding hydrogens is 184 g/mol. The van der Waals surface area contributed by atoms with Gasteiger partial charge in [-0.1, -0.05) is 0 Å². The molecule has 4 nitrogen and oxygen atoms in total. The van der Waals surface area contributed by atoms with Gasteiger partial charge in [0.1, 0.15) is 0 Å². The predicted octanol–water partition coefficient (Wildman–Crippen LogP) is -1.72. The van der Waals surface area contributed by atoms with Crippen molar-refractivity contribution >= 4 is 23.1 Å². The van der Waals surface area contributed by atoms with Gasteiger partial charge in [-0.2, -0.15) is 0 Å². The zero-order valence-corrected chi connectivity index (χ0v) is 9.97. The molecule has 0 aliphatic heterocycles. The number of hydrogen-bond donors (Lipinski definition) is 4. The maximum Gasteiger partial charge on any atom is 2.00 e. The number of aliphatic hydroxyl groups is 4. The standard InChI is InChI=1S/4CH4O.Mg.Ti.2H/c4*1-2;;;;/h4*2H,1H3;;;;/q;;;;+2;;2*-1. The molecule has 4 N–H and O–H groups in total. The van der Waals surface area contributed by atoms with Crippen LogP contribution in [0.1, 0.15) is 2.85 Å². The van der Waals surface area contributed by atoms with Crippen molar-refractivity contribution in [2.45, 2.75) is 0 Å². The van der Waals surface area contributed by atoms with Gasteiger partial charge in [-0.3, -0.25) is 0 Å². The Kier molecular flexibility index (Phi) is 2190. The van der Waals surface area contributed by atoms with Crippen LogP contribution in [-0.4, -0.2) is 71.9 Å². The molecule has 0 heterocycles. The van der Waals surface area contributed by atoms with Crippen molar-refractivity contribution in [3.63, 3.8) is 0 Å². The molecule has 0 fully saturated rings. The van der Waals surface area contributed by atoms with Gasteiger partial charge >= 0.3 is 23.1 Å². The Labute approximate surface area is 96.3 Å². The van der Waals surface area contributed by atoms with Gasteiger partial charge in [0.15, 0.2) is 0 Å². The fraction of sp³-hybridized carbons (Fsp3) is 1.00. The van der Waals surface area contributed by atoms with Gasteiger partial charge in [-0.05, 0) is 0 Å². The van der Waals surface area contributed by atoms with E-state index in [9.17, 15) is 0 Å². The first-order valence-corrected chi connectivity index (χ1v) is 1.79. The summed E-state index contributed by atoms with van der Waals surface area (Å²) in [6.07, 6.45) is 0. The molecule has 0 rings (SSSR count). The van der Waals surface area contributed by atoms with Crippen LogP contribution in [0.4, 0.5) is 0 Å². The minimum atomic E-state index is 0. The SMILES string of the molecule is CO.CO.CO.CO.[H-].[H-].[Mg+2].[Ti]. The first kappa shape index (κ1) is 42.6. The topological polar surface area (TPSA) is 80.9 Å². The van der Waals surface area contributed by atoms with E-state index in [4.69, 9.17) is 20.4 Å². The van der Waals surface area contributed by atoms with Crippen molar-refractivity contribution in [3.8, 4) is 0 Å². The Morgan fingerprint density at radius 3 is 0.600 bits per heavy atom. The van der Waals surface area contributed by atoms with Gasteiger partial charge in [-0.25, -0.2) is 0 Å². The molecule has 0 bridgehead atoms. The molecule has 0 amide bonds. The minimum Gasteiger partial charge on any atom is -1.00 e. The van der Waals surface area contributed by atoms with Gasteiger partial charge in [0.25, 0.3) is 0 Å². The molecule has 0 unspecified atom stereocenters. The van der Waals surface area contributed by atoms with E-state index in [1.165, 1.54) is 0 Å². The molecule has 0 saturated heterocycles. The third-order valence-corrected chi connectivity index (χ3v) is 0. The van der Waals surface area contributed by atoms with Crippen molar-refractivity contribution < 1.29 is 45.0 Å². The predicted molar refractivity (Wildman–Crippen MR) is 40.5 cm³/mol. The molecule has 64 valence electrons. The van der Waals surface area contributed by atoms with Crippen LogP contribution in [0, 0.1) is 0 Å². The molecule has 6 heteroatoms. The van der Waals surface area contributed by atoms with E-state index in [2.05, 4.69) is 0 Å². The van der Waals surface area contributed by atoms with Gasteiger partial charge in [0, 0.05) is 50.2 Å². The maximum absolute atomic E-state index is 7.00. The average molecular weight is 202 g/mol. The van der Waals surface area contributed by atoms with Gasteiger partial charge in [0.2, 0.25) is 0 Å². The second-order valence-electron chi connectivity index (χ2n) is 0. The second-order valence-corrected chi connectivity index (χ2v) is 0. The molecule has 0 spiro atoms. The number of aliphatic hydroxyl groups excluding tert-OH is 4. The van der Waals surface area contributed by atoms with Crippen LogP contribution in [0.5, 0.6) is 0 Å². The summed E-state index contributed by atoms with van der Waals surface area (Å²) < 4.78 is 0. The Morgan fingerprint density at radius 2 is 0.600 bits per heavy atom. The number of rotatable bonds is 0. The second kappa shape index (κ2) is 514. The monoisotopic (exact) mass is 202 g/mol. The van der Waals surface area contributed by atoms with E-state index in [0.29, 0.717) is 0 Å². The molecule has 0 aromatic carbocycles. The van der Waals surface area contributed by atoms with E-state index < -0.39 is 0 Å². The van der Waals surface area contributed by atoms with Crippen molar-refractivity contribution in [3.05, 3.63) is 0 Å². The zero-order valence-electron chi connectivity index (χ0n) is 9.00. The average Bonchev–Trinajstić information content (AvgIpc) is 2.03. The van der Waals surface area contributed by atoms with Gasteiger partial charge < -0.3 is 23.3 Å². The van der Waals surface area contributed by atoms with Crippen molar-refractivity contribution in [2.24, 2.45) is 0 Å². The Balaban J connectivity index is -0.00000000267. The van der Waals surface area contributed by atoms with Crippen LogP contribution in [0.25, 0.3) is 0 Å². The summed E-state index contributed by atoms with van der Waals surface area (Å²) in [5, 5.41) is 28.0. The van der Waals surface area contributed by atoms with E-state index in [0.717, 1.165) is 28.4 Å². The Morgan fingerprint density at radius 1 is 0.600 bits per heavy atom. The van der Waals surface area contributed by atoms with Crippen LogP contribution in [0.3, 0.4) is 0 Å². The summed E-state index contributed by atoms with van der Waals surface area (Å²) in [6, 6.07) is 0. The zero-order chi connectivity index (χ0) is 8.00. The van der Waals surface area contributed by atoms with Crippen LogP contribution in [-0.2, 0) is 21.7 Å². The summed E-state index contributed by atoms with van der Waals surface area (Å²) in [5.74, 6) is 0. The fourth-order valence-corrected chi connectivity index (χ4v) is 0. The molecule has 0 atom stereocenters. The molecule has 0 aromatic rings. The Bertz CT molecular complexity index is 25.0. The largest absolute Gasteiger partial charge is 2.00 e. The maximum atomic E-state index is 7.00. The number of hydrogen-bond acceptors (Lipinski definition) is 4. The normalized spacial score (nSPS) is 2.40. The molecule has 10 heavy (non-hydrogen) atoms. The first-order chi connectivity index (χ1) is 4.00. The molecule has 0 aliphatic rings. The summed E-state index contributed by atoms with van der Waals surface area (Å²) in [6.45, 7) is 0. The Hall–Kier alpha value is 1.32. The molecular formula is C4H18MgO4Ti. The van der Waals surface area contributed by atoms with Gasteiger partial charge in [-0.15, -0.1) is 0 Å². The van der Waals surface area contributed by atoms with E-state index in [-0.39, 0.29) is 47.6 Å². The minimum absolute atomic E-state index is 0. The summed E-state index contributed by atoms with van der Waals surface area (Å²) >= 11 is 0. The van der Waals surface area contributed by atoms with E-state index in [1.807, 2.05) is 0 Å². The van der Waals surface area contributed by atoms with Crippen LogP contribution >= 0.6 is 0 Å². The van der Waals surface area contributed by atoms with E-state index >= 15 is 0 Å². The molecule has 0 aliphatic carbocycles. The summed E-state index contributed by atoms with van der Waals surface area (Å²) in [7, 11) is 4.00. The molecule has 0 saturated carbocycles. The van der Waals surface area contributed by atoms with Crippen LogP contribution in [0.15, 0.2) is 0 Å². The fourth-order valence-electron chi connectivity index (χ4n) is 0. The summed E-state index contributed by atoms with van der Waals surface area (Å²) in [4.78, 5) is 0. The smallest absolute Gasteiger partial charge is 1.00 e. The third kappa shape index (κ3) is 370. The third-order valence-electron chi connectivity index (χ3n) is 0.